The SMILES string of the molecule is CCCN(Cn1[nH]c(-c2ccccc2)nc1=S)C1CCS(=O)(=O)C1. The number of rotatable bonds is 6. The minimum atomic E-state index is -2.90. The van der Waals surface area contributed by atoms with Crippen LogP contribution >= 0.6 is 12.2 Å². The summed E-state index contributed by atoms with van der Waals surface area (Å²) in [4.78, 5) is 6.61. The molecule has 1 aliphatic heterocycles. The molecule has 0 spiro atoms. The normalized spacial score (nSPS) is 19.8. The van der Waals surface area contributed by atoms with Crippen molar-refractivity contribution in [2.45, 2.75) is 32.5 Å². The van der Waals surface area contributed by atoms with Gasteiger partial charge in [0.1, 0.15) is 0 Å². The van der Waals surface area contributed by atoms with E-state index < -0.39 is 9.84 Å². The van der Waals surface area contributed by atoms with Gasteiger partial charge in [-0.1, -0.05) is 37.3 Å². The third-order valence-electron chi connectivity index (χ3n) is 4.29. The summed E-state index contributed by atoms with van der Waals surface area (Å²) in [7, 11) is -2.90. The average molecular weight is 367 g/mol. The first kappa shape index (κ1) is 17.3. The molecule has 0 radical (unpaired) electrons. The van der Waals surface area contributed by atoms with Crippen molar-refractivity contribution in [2.24, 2.45) is 0 Å². The third kappa shape index (κ3) is 3.93. The lowest BCUT2D eigenvalue weighted by atomic mass is 10.2. The lowest BCUT2D eigenvalue weighted by molar-refractivity contribution is 0.155. The molecule has 1 aromatic carbocycles. The monoisotopic (exact) mass is 366 g/mol. The second-order valence-corrected chi connectivity index (χ2v) is 8.75. The van der Waals surface area contributed by atoms with E-state index in [4.69, 9.17) is 12.2 Å². The number of H-pyrrole nitrogens is 1. The number of hydrogen-bond acceptors (Lipinski definition) is 5. The number of hydrogen-bond donors (Lipinski definition) is 1. The molecule has 1 atom stereocenters. The Bertz CT molecular complexity index is 842. The lowest BCUT2D eigenvalue weighted by Gasteiger charge is -2.27. The van der Waals surface area contributed by atoms with Gasteiger partial charge in [-0.05, 0) is 31.6 Å². The highest BCUT2D eigenvalue weighted by Crippen LogP contribution is 2.20. The molecule has 2 heterocycles. The topological polar surface area (TPSA) is 71.0 Å². The fourth-order valence-electron chi connectivity index (χ4n) is 3.08. The van der Waals surface area contributed by atoms with Gasteiger partial charge in [-0.15, -0.1) is 0 Å². The number of sulfone groups is 1. The fraction of sp³-hybridized carbons (Fsp3) is 0.500. The van der Waals surface area contributed by atoms with E-state index in [1.807, 2.05) is 35.0 Å². The molecule has 0 amide bonds. The number of aromatic nitrogens is 3. The van der Waals surface area contributed by atoms with Crippen LogP contribution in [0.2, 0.25) is 0 Å². The molecule has 0 aliphatic carbocycles. The van der Waals surface area contributed by atoms with Gasteiger partial charge in [0.2, 0.25) is 4.77 Å². The van der Waals surface area contributed by atoms with Gasteiger partial charge in [0, 0.05) is 11.6 Å². The van der Waals surface area contributed by atoms with Gasteiger partial charge < -0.3 is 0 Å². The molecule has 24 heavy (non-hydrogen) atoms. The van der Waals surface area contributed by atoms with Crippen LogP contribution in [0.1, 0.15) is 19.8 Å². The zero-order valence-electron chi connectivity index (χ0n) is 13.7. The van der Waals surface area contributed by atoms with E-state index in [9.17, 15) is 8.42 Å². The molecule has 6 nitrogen and oxygen atoms in total. The average Bonchev–Trinajstić information content (AvgIpc) is 3.10. The molecule has 1 N–H and O–H groups in total. The van der Waals surface area contributed by atoms with E-state index in [0.717, 1.165) is 24.4 Å². The van der Waals surface area contributed by atoms with Crippen LogP contribution in [-0.2, 0) is 16.5 Å². The molecule has 0 saturated carbocycles. The van der Waals surface area contributed by atoms with Crippen molar-refractivity contribution in [3.8, 4) is 11.4 Å². The van der Waals surface area contributed by atoms with Crippen molar-refractivity contribution in [3.05, 3.63) is 35.1 Å². The van der Waals surface area contributed by atoms with Crippen LogP contribution in [0.4, 0.5) is 0 Å². The molecular formula is C16H22N4O2S2. The maximum atomic E-state index is 11.8. The quantitative estimate of drug-likeness (QED) is 0.795. The maximum Gasteiger partial charge on any atom is 0.217 e. The van der Waals surface area contributed by atoms with E-state index >= 15 is 0 Å². The Labute approximate surface area is 147 Å². The number of nitrogens with one attached hydrogen (secondary N) is 1. The first-order chi connectivity index (χ1) is 11.5. The second kappa shape index (κ2) is 7.16. The molecule has 1 unspecified atom stereocenters. The zero-order chi connectivity index (χ0) is 17.2. The highest BCUT2D eigenvalue weighted by Gasteiger charge is 2.32. The maximum absolute atomic E-state index is 11.8. The van der Waals surface area contributed by atoms with Gasteiger partial charge in [0.15, 0.2) is 15.7 Å². The van der Waals surface area contributed by atoms with Crippen LogP contribution in [0, 0.1) is 4.77 Å². The Balaban J connectivity index is 1.81. The van der Waals surface area contributed by atoms with Gasteiger partial charge in [0.05, 0.1) is 18.2 Å². The molecule has 2 aromatic rings. The molecule has 0 bridgehead atoms. The largest absolute Gasteiger partial charge is 0.280 e. The summed E-state index contributed by atoms with van der Waals surface area (Å²) < 4.78 is 25.9. The van der Waals surface area contributed by atoms with E-state index in [0.29, 0.717) is 17.9 Å². The lowest BCUT2D eigenvalue weighted by Crippen LogP contribution is -2.38. The molecule has 3 rings (SSSR count). The first-order valence-corrected chi connectivity index (χ1v) is 10.4. The molecule has 1 aliphatic rings. The van der Waals surface area contributed by atoms with E-state index in [2.05, 4.69) is 21.9 Å². The zero-order valence-corrected chi connectivity index (χ0v) is 15.3. The van der Waals surface area contributed by atoms with Crippen molar-refractivity contribution >= 4 is 22.1 Å². The van der Waals surface area contributed by atoms with Crippen LogP contribution in [0.5, 0.6) is 0 Å². The highest BCUT2D eigenvalue weighted by atomic mass is 32.2. The molecular weight excluding hydrogens is 344 g/mol. The fourth-order valence-corrected chi connectivity index (χ4v) is 5.03. The van der Waals surface area contributed by atoms with Gasteiger partial charge in [-0.25, -0.2) is 13.1 Å². The predicted molar refractivity (Wildman–Crippen MR) is 96.9 cm³/mol. The van der Waals surface area contributed by atoms with Crippen molar-refractivity contribution in [3.63, 3.8) is 0 Å². The summed E-state index contributed by atoms with van der Waals surface area (Å²) in [5, 5.41) is 3.24. The molecule has 8 heteroatoms. The summed E-state index contributed by atoms with van der Waals surface area (Å²) in [5.74, 6) is 1.25. The number of benzene rings is 1. The Kier molecular flexibility index (Phi) is 5.17. The van der Waals surface area contributed by atoms with E-state index in [1.165, 1.54) is 0 Å². The minimum absolute atomic E-state index is 0.0559. The summed E-state index contributed by atoms with van der Waals surface area (Å²) in [6.07, 6.45) is 1.65. The second-order valence-electron chi connectivity index (χ2n) is 6.16. The van der Waals surface area contributed by atoms with Crippen LogP contribution < -0.4 is 0 Å². The van der Waals surface area contributed by atoms with Crippen LogP contribution in [0.3, 0.4) is 0 Å². The van der Waals surface area contributed by atoms with Gasteiger partial charge in [-0.2, -0.15) is 4.98 Å². The first-order valence-electron chi connectivity index (χ1n) is 8.15. The van der Waals surface area contributed by atoms with Crippen LogP contribution in [-0.4, -0.2) is 52.2 Å². The summed E-state index contributed by atoms with van der Waals surface area (Å²) in [6, 6.07) is 9.88. The molecule has 130 valence electrons. The van der Waals surface area contributed by atoms with Crippen molar-refractivity contribution in [1.82, 2.24) is 19.7 Å². The molecule has 1 aromatic heterocycles. The Hall–Kier alpha value is -1.51. The van der Waals surface area contributed by atoms with Crippen LogP contribution in [0.15, 0.2) is 30.3 Å². The van der Waals surface area contributed by atoms with Crippen molar-refractivity contribution in [2.75, 3.05) is 18.1 Å². The summed E-state index contributed by atoms with van der Waals surface area (Å²) in [6.45, 7) is 3.46. The standard InChI is InChI=1S/C16H22N4O2S2/c1-2-9-19(14-8-10-24(21,22)11-14)12-20-16(23)17-15(18-20)13-6-4-3-5-7-13/h3-7,14H,2,8-12H2,1H3,(H,17,18,23). The minimum Gasteiger partial charge on any atom is -0.280 e. The summed E-state index contributed by atoms with van der Waals surface area (Å²) >= 11 is 5.37. The van der Waals surface area contributed by atoms with E-state index in [1.54, 1.807) is 0 Å². The Morgan fingerprint density at radius 3 is 2.75 bits per heavy atom. The molecule has 1 saturated heterocycles. The molecule has 1 fully saturated rings. The van der Waals surface area contributed by atoms with E-state index in [-0.39, 0.29) is 17.5 Å². The predicted octanol–water partition coefficient (Wildman–Crippen LogP) is 2.46. The number of nitrogens with zero attached hydrogens (tertiary/aromatic N) is 3. The van der Waals surface area contributed by atoms with Gasteiger partial charge >= 0.3 is 0 Å². The Morgan fingerprint density at radius 2 is 2.12 bits per heavy atom. The summed E-state index contributed by atoms with van der Waals surface area (Å²) in [5.41, 5.74) is 0.979. The van der Waals surface area contributed by atoms with Gasteiger partial charge in [0.25, 0.3) is 0 Å². The van der Waals surface area contributed by atoms with Gasteiger partial charge in [-0.3, -0.25) is 10.00 Å². The van der Waals surface area contributed by atoms with Crippen molar-refractivity contribution < 1.29 is 8.42 Å². The third-order valence-corrected chi connectivity index (χ3v) is 6.35. The number of aromatic amines is 1. The Morgan fingerprint density at radius 1 is 1.38 bits per heavy atom. The smallest absolute Gasteiger partial charge is 0.217 e. The van der Waals surface area contributed by atoms with Crippen LogP contribution in [0.25, 0.3) is 11.4 Å². The van der Waals surface area contributed by atoms with Crippen molar-refractivity contribution in [1.29, 1.82) is 0 Å². The highest BCUT2D eigenvalue weighted by molar-refractivity contribution is 7.91.